The molecule has 0 aliphatic carbocycles. The maximum atomic E-state index is 14.3. The lowest BCUT2D eigenvalue weighted by Crippen LogP contribution is -2.40. The van der Waals surface area contributed by atoms with Crippen molar-refractivity contribution in [2.24, 2.45) is 9.94 Å². The van der Waals surface area contributed by atoms with Crippen LogP contribution in [0.1, 0.15) is 92.2 Å². The van der Waals surface area contributed by atoms with Crippen LogP contribution in [0.25, 0.3) is 0 Å². The number of likely N-dealkylation sites (tertiary alicyclic amines) is 1. The van der Waals surface area contributed by atoms with Crippen LogP contribution in [0.5, 0.6) is 5.75 Å². The van der Waals surface area contributed by atoms with Gasteiger partial charge in [-0.25, -0.2) is 0 Å². The highest BCUT2D eigenvalue weighted by Crippen LogP contribution is 2.40. The molecule has 0 saturated carbocycles. The number of hydrogen-bond acceptors (Lipinski definition) is 4. The molecule has 1 heterocycles. The Kier molecular flexibility index (Phi) is 10.7. The van der Waals surface area contributed by atoms with Crippen molar-refractivity contribution in [2.45, 2.75) is 77.4 Å². The second-order valence-electron chi connectivity index (χ2n) is 14.7. The Bertz CT molecular complexity index is 1600. The number of carbonyl (C=O) groups is 1. The molecule has 0 bridgehead atoms. The number of nitrogens with zero attached hydrogens (tertiary/aromatic N) is 2. The lowest BCUT2D eigenvalue weighted by molar-refractivity contribution is 0.0451. The van der Waals surface area contributed by atoms with Gasteiger partial charge in [0.2, 0.25) is 0 Å². The Labute approximate surface area is 289 Å². The summed E-state index contributed by atoms with van der Waals surface area (Å²) in [5.41, 5.74) is 4.89. The zero-order valence-electron chi connectivity index (χ0n) is 28.4. The van der Waals surface area contributed by atoms with Gasteiger partial charge >= 0.3 is 0 Å². The Morgan fingerprint density at radius 1 is 0.851 bits per heavy atom. The highest BCUT2D eigenvalue weighted by molar-refractivity contribution is 9.08. The average Bonchev–Trinajstić information content (AvgIpc) is 3.36. The largest absolute Gasteiger partial charge is 0.507 e. The van der Waals surface area contributed by atoms with Gasteiger partial charge in [0.1, 0.15) is 17.7 Å². The summed E-state index contributed by atoms with van der Waals surface area (Å²) in [6.07, 6.45) is 1.38. The predicted octanol–water partition coefficient (Wildman–Crippen LogP) is 9.62. The van der Waals surface area contributed by atoms with Crippen LogP contribution < -0.4 is 0 Å². The molecule has 0 unspecified atom stereocenters. The standard InChI is InChI=1S/C41H47BrN2O3/c1-40(2,3)34-24-31(25-35(37(34)46)41(4,5)6)36(45)26-44-33(23-32(39(44)43-42)22-28-16-10-7-11-17-28)27-47-38(29-18-12-8-13-19-29)30-20-14-9-15-21-30/h7-21,24-25,32-33,38,46H,22-23,26-27H2,1-6H3/b43-39-/t32-,33+/m1/s1. The molecule has 1 aliphatic heterocycles. The third kappa shape index (κ3) is 8.22. The van der Waals surface area contributed by atoms with Crippen molar-refractivity contribution in [3.63, 3.8) is 0 Å². The van der Waals surface area contributed by atoms with Gasteiger partial charge in [0.15, 0.2) is 5.78 Å². The van der Waals surface area contributed by atoms with Crippen molar-refractivity contribution in [3.8, 4) is 5.75 Å². The number of ether oxygens (including phenoxy) is 1. The monoisotopic (exact) mass is 694 g/mol. The molecular weight excluding hydrogens is 648 g/mol. The number of phenolic OH excluding ortho intramolecular Hbond substituents is 1. The van der Waals surface area contributed by atoms with E-state index in [1.807, 2.05) is 54.6 Å². The van der Waals surface area contributed by atoms with E-state index in [4.69, 9.17) is 4.74 Å². The summed E-state index contributed by atoms with van der Waals surface area (Å²) in [6.45, 7) is 13.0. The average molecular weight is 696 g/mol. The summed E-state index contributed by atoms with van der Waals surface area (Å²) >= 11 is 3.44. The van der Waals surface area contributed by atoms with Crippen LogP contribution >= 0.6 is 16.1 Å². The van der Waals surface area contributed by atoms with Crippen LogP contribution in [-0.2, 0) is 22.0 Å². The topological polar surface area (TPSA) is 62.1 Å². The fourth-order valence-corrected chi connectivity index (χ4v) is 7.07. The Morgan fingerprint density at radius 3 is 1.81 bits per heavy atom. The first-order valence-electron chi connectivity index (χ1n) is 16.5. The lowest BCUT2D eigenvalue weighted by Gasteiger charge is -2.30. The molecule has 2 atom stereocenters. The molecule has 1 aliphatic rings. The third-order valence-corrected chi connectivity index (χ3v) is 9.45. The van der Waals surface area contributed by atoms with Gasteiger partial charge in [-0.15, -0.1) is 0 Å². The Morgan fingerprint density at radius 2 is 1.34 bits per heavy atom. The SMILES string of the molecule is CC(C)(C)c1cc(C(=O)CN2/C(=N\Br)[C@H](Cc3ccccc3)C[C@H]2COC(c2ccccc2)c2ccccc2)cc(C(C)(C)C)c1O. The molecule has 1 saturated heterocycles. The molecule has 4 aromatic rings. The number of amidine groups is 1. The number of hydrogen-bond donors (Lipinski definition) is 1. The van der Waals surface area contributed by atoms with Crippen LogP contribution in [0.15, 0.2) is 107 Å². The molecule has 1 fully saturated rings. The molecular formula is C41H47BrN2O3. The van der Waals surface area contributed by atoms with Crippen LogP contribution in [0, 0.1) is 5.92 Å². The molecule has 5 rings (SSSR count). The number of benzene rings is 4. The molecule has 1 N–H and O–H groups in total. The highest BCUT2D eigenvalue weighted by Gasteiger charge is 2.40. The number of Topliss-reactive ketones (excluding diaryl/α,β-unsaturated/α-hetero) is 1. The summed E-state index contributed by atoms with van der Waals surface area (Å²) in [5, 5.41) is 11.3. The van der Waals surface area contributed by atoms with Crippen LogP contribution in [0.3, 0.4) is 0 Å². The second-order valence-corrected chi connectivity index (χ2v) is 15.1. The Hall–Kier alpha value is -3.74. The molecule has 0 radical (unpaired) electrons. The van der Waals surface area contributed by atoms with Gasteiger partial charge in [-0.1, -0.05) is 133 Å². The minimum Gasteiger partial charge on any atom is -0.507 e. The normalized spacial score (nSPS) is 17.9. The third-order valence-electron chi connectivity index (χ3n) is 9.09. The lowest BCUT2D eigenvalue weighted by atomic mass is 9.78. The van der Waals surface area contributed by atoms with E-state index < -0.39 is 0 Å². The minimum atomic E-state index is -0.336. The van der Waals surface area contributed by atoms with Gasteiger partial charge in [-0.2, -0.15) is 4.02 Å². The maximum Gasteiger partial charge on any atom is 0.182 e. The van der Waals surface area contributed by atoms with Gasteiger partial charge in [0.05, 0.1) is 35.3 Å². The van der Waals surface area contributed by atoms with E-state index in [2.05, 4.69) is 115 Å². The quantitative estimate of drug-likeness (QED) is 0.168. The molecule has 0 amide bonds. The molecule has 6 heteroatoms. The molecule has 0 spiro atoms. The van der Waals surface area contributed by atoms with E-state index in [9.17, 15) is 9.90 Å². The van der Waals surface area contributed by atoms with Crippen molar-refractivity contribution in [2.75, 3.05) is 13.2 Å². The van der Waals surface area contributed by atoms with E-state index in [-0.39, 0.29) is 47.0 Å². The highest BCUT2D eigenvalue weighted by atomic mass is 79.9. The van der Waals surface area contributed by atoms with Crippen LogP contribution in [-0.4, -0.2) is 40.8 Å². The van der Waals surface area contributed by atoms with Gasteiger partial charge in [-0.3, -0.25) is 4.79 Å². The zero-order chi connectivity index (χ0) is 33.8. The number of rotatable bonds is 10. The van der Waals surface area contributed by atoms with Gasteiger partial charge < -0.3 is 14.7 Å². The van der Waals surface area contributed by atoms with Crippen molar-refractivity contribution >= 4 is 27.8 Å². The molecule has 5 nitrogen and oxygen atoms in total. The predicted molar refractivity (Wildman–Crippen MR) is 196 cm³/mol. The first kappa shape index (κ1) is 34.6. The van der Waals surface area contributed by atoms with Crippen molar-refractivity contribution in [3.05, 3.63) is 137 Å². The van der Waals surface area contributed by atoms with Crippen LogP contribution in [0.4, 0.5) is 0 Å². The number of phenols is 1. The van der Waals surface area contributed by atoms with E-state index in [1.165, 1.54) is 5.56 Å². The number of ketones is 1. The Balaban J connectivity index is 1.48. The van der Waals surface area contributed by atoms with Gasteiger partial charge in [0, 0.05) is 22.6 Å². The van der Waals surface area contributed by atoms with E-state index in [0.29, 0.717) is 12.2 Å². The minimum absolute atomic E-state index is 0.0114. The van der Waals surface area contributed by atoms with Crippen molar-refractivity contribution in [1.82, 2.24) is 4.90 Å². The fourth-order valence-electron chi connectivity index (χ4n) is 6.57. The van der Waals surface area contributed by atoms with Crippen molar-refractivity contribution in [1.29, 1.82) is 0 Å². The summed E-state index contributed by atoms with van der Waals surface area (Å²) in [4.78, 5) is 16.4. The summed E-state index contributed by atoms with van der Waals surface area (Å²) < 4.78 is 11.4. The summed E-state index contributed by atoms with van der Waals surface area (Å²) in [7, 11) is 0. The van der Waals surface area contributed by atoms with E-state index in [0.717, 1.165) is 40.9 Å². The van der Waals surface area contributed by atoms with Gasteiger partial charge in [0.25, 0.3) is 0 Å². The molecule has 4 aromatic carbocycles. The molecule has 246 valence electrons. The fraction of sp³-hybridized carbons (Fsp3) is 0.366. The van der Waals surface area contributed by atoms with E-state index in [1.54, 1.807) is 0 Å². The smallest absolute Gasteiger partial charge is 0.182 e. The zero-order valence-corrected chi connectivity index (χ0v) is 30.0. The van der Waals surface area contributed by atoms with Crippen molar-refractivity contribution < 1.29 is 14.6 Å². The first-order valence-corrected chi connectivity index (χ1v) is 17.2. The summed E-state index contributed by atoms with van der Waals surface area (Å²) in [5.74, 6) is 1.23. The first-order chi connectivity index (χ1) is 22.4. The number of aromatic hydroxyl groups is 1. The number of carbonyl (C=O) groups excluding carboxylic acids is 1. The number of halogens is 1. The van der Waals surface area contributed by atoms with Gasteiger partial charge in [-0.05, 0) is 52.5 Å². The molecule has 47 heavy (non-hydrogen) atoms. The van der Waals surface area contributed by atoms with Crippen LogP contribution in [0.2, 0.25) is 0 Å². The molecule has 0 aromatic heterocycles. The van der Waals surface area contributed by atoms with E-state index >= 15 is 0 Å². The second kappa shape index (κ2) is 14.6. The summed E-state index contributed by atoms with van der Waals surface area (Å²) in [6, 6.07) is 34.7. The maximum absolute atomic E-state index is 14.3.